The summed E-state index contributed by atoms with van der Waals surface area (Å²) in [6.45, 7) is 1.92. The maximum atomic E-state index is 8.80. The number of fused-ring (bicyclic) bond motifs is 1. The van der Waals surface area contributed by atoms with Crippen LogP contribution in [0, 0.1) is 6.92 Å². The van der Waals surface area contributed by atoms with Crippen LogP contribution in [0.25, 0.3) is 5.78 Å². The van der Waals surface area contributed by atoms with E-state index in [1.54, 1.807) is 16.8 Å². The first-order chi connectivity index (χ1) is 5.79. The molecule has 4 heteroatoms. The van der Waals surface area contributed by atoms with Gasteiger partial charge in [0.2, 0.25) is 5.78 Å². The van der Waals surface area contributed by atoms with Crippen LogP contribution in [0.15, 0.2) is 18.6 Å². The first kappa shape index (κ1) is 7.24. The van der Waals surface area contributed by atoms with E-state index in [2.05, 4.69) is 9.97 Å². The molecule has 0 fully saturated rings. The Morgan fingerprint density at radius 2 is 2.33 bits per heavy atom. The summed E-state index contributed by atoms with van der Waals surface area (Å²) < 4.78 is 1.81. The Morgan fingerprint density at radius 1 is 1.50 bits per heavy atom. The Bertz CT molecular complexity index is 408. The molecular formula is C8H9N3O. The molecule has 1 N–H and O–H groups in total. The molecule has 0 amide bonds. The van der Waals surface area contributed by atoms with Gasteiger partial charge in [-0.3, -0.25) is 4.40 Å². The van der Waals surface area contributed by atoms with E-state index in [-0.39, 0.29) is 6.61 Å². The van der Waals surface area contributed by atoms with E-state index >= 15 is 0 Å². The Balaban J connectivity index is 2.67. The molecule has 2 aromatic heterocycles. The highest BCUT2D eigenvalue weighted by atomic mass is 16.3. The van der Waals surface area contributed by atoms with E-state index in [1.807, 2.05) is 13.1 Å². The average molecular weight is 163 g/mol. The van der Waals surface area contributed by atoms with Crippen LogP contribution < -0.4 is 0 Å². The molecule has 2 aromatic rings. The molecule has 0 spiro atoms. The summed E-state index contributed by atoms with van der Waals surface area (Å²) in [6.07, 6.45) is 5.45. The summed E-state index contributed by atoms with van der Waals surface area (Å²) in [7, 11) is 0. The smallest absolute Gasteiger partial charge is 0.234 e. The van der Waals surface area contributed by atoms with Crippen LogP contribution in [0.2, 0.25) is 0 Å². The molecule has 0 aromatic carbocycles. The molecule has 4 nitrogen and oxygen atoms in total. The molecule has 0 aliphatic rings. The van der Waals surface area contributed by atoms with E-state index in [4.69, 9.17) is 5.11 Å². The lowest BCUT2D eigenvalue weighted by molar-refractivity contribution is 0.277. The fourth-order valence-corrected chi connectivity index (χ4v) is 1.11. The summed E-state index contributed by atoms with van der Waals surface area (Å²) >= 11 is 0. The third-order valence-electron chi connectivity index (χ3n) is 1.65. The van der Waals surface area contributed by atoms with Gasteiger partial charge < -0.3 is 5.11 Å². The molecule has 0 unspecified atom stereocenters. The van der Waals surface area contributed by atoms with Crippen LogP contribution in [0.1, 0.15) is 11.3 Å². The summed E-state index contributed by atoms with van der Waals surface area (Å²) in [5.74, 6) is 0.629. The maximum Gasteiger partial charge on any atom is 0.234 e. The number of aliphatic hydroxyl groups excluding tert-OH is 1. The Kier molecular flexibility index (Phi) is 1.55. The van der Waals surface area contributed by atoms with Crippen molar-refractivity contribution >= 4 is 5.78 Å². The molecule has 0 atom stereocenters. The minimum absolute atomic E-state index is 0.0393. The van der Waals surface area contributed by atoms with Crippen molar-refractivity contribution in [2.45, 2.75) is 13.5 Å². The highest BCUT2D eigenvalue weighted by Crippen LogP contribution is 2.03. The third kappa shape index (κ3) is 1.06. The van der Waals surface area contributed by atoms with Crippen LogP contribution in [0.3, 0.4) is 0 Å². The van der Waals surface area contributed by atoms with Crippen molar-refractivity contribution in [2.75, 3.05) is 0 Å². The fraction of sp³-hybridized carbons (Fsp3) is 0.250. The average Bonchev–Trinajstić information content (AvgIpc) is 2.46. The SMILES string of the molecule is Cc1cnc2nc(CO)cn2c1. The molecule has 0 saturated carbocycles. The van der Waals surface area contributed by atoms with Gasteiger partial charge in [0.15, 0.2) is 0 Å². The van der Waals surface area contributed by atoms with E-state index < -0.39 is 0 Å². The summed E-state index contributed by atoms with van der Waals surface area (Å²) in [6, 6.07) is 0. The zero-order valence-electron chi connectivity index (χ0n) is 6.73. The topological polar surface area (TPSA) is 50.4 Å². The number of aromatic nitrogens is 3. The molecule has 0 aliphatic carbocycles. The molecule has 62 valence electrons. The van der Waals surface area contributed by atoms with Crippen molar-refractivity contribution in [3.05, 3.63) is 29.8 Å². The highest BCUT2D eigenvalue weighted by Gasteiger charge is 1.99. The second kappa shape index (κ2) is 2.57. The van der Waals surface area contributed by atoms with Crippen LogP contribution in [-0.4, -0.2) is 19.5 Å². The minimum Gasteiger partial charge on any atom is -0.390 e. The van der Waals surface area contributed by atoms with Crippen molar-refractivity contribution in [2.24, 2.45) is 0 Å². The zero-order valence-corrected chi connectivity index (χ0v) is 6.73. The fourth-order valence-electron chi connectivity index (χ4n) is 1.11. The third-order valence-corrected chi connectivity index (χ3v) is 1.65. The van der Waals surface area contributed by atoms with Gasteiger partial charge in [-0.15, -0.1) is 0 Å². The second-order valence-electron chi connectivity index (χ2n) is 2.73. The van der Waals surface area contributed by atoms with Gasteiger partial charge in [-0.1, -0.05) is 0 Å². The molecular weight excluding hydrogens is 154 g/mol. The summed E-state index contributed by atoms with van der Waals surface area (Å²) in [5, 5.41) is 8.80. The lowest BCUT2D eigenvalue weighted by atomic mass is 10.4. The van der Waals surface area contributed by atoms with Gasteiger partial charge in [-0.05, 0) is 12.5 Å². The van der Waals surface area contributed by atoms with Gasteiger partial charge in [0.1, 0.15) is 0 Å². The van der Waals surface area contributed by atoms with Crippen molar-refractivity contribution in [3.8, 4) is 0 Å². The van der Waals surface area contributed by atoms with Gasteiger partial charge in [-0.2, -0.15) is 0 Å². The van der Waals surface area contributed by atoms with Crippen molar-refractivity contribution in [1.29, 1.82) is 0 Å². The van der Waals surface area contributed by atoms with E-state index in [9.17, 15) is 0 Å². The van der Waals surface area contributed by atoms with Crippen LogP contribution >= 0.6 is 0 Å². The zero-order chi connectivity index (χ0) is 8.55. The number of rotatable bonds is 1. The molecule has 0 saturated heterocycles. The van der Waals surface area contributed by atoms with Crippen LogP contribution in [0.4, 0.5) is 0 Å². The van der Waals surface area contributed by atoms with Gasteiger partial charge >= 0.3 is 0 Å². The van der Waals surface area contributed by atoms with Crippen molar-refractivity contribution in [3.63, 3.8) is 0 Å². The van der Waals surface area contributed by atoms with Crippen LogP contribution in [0.5, 0.6) is 0 Å². The number of aliphatic hydroxyl groups is 1. The molecule has 0 bridgehead atoms. The highest BCUT2D eigenvalue weighted by molar-refractivity contribution is 5.31. The standard InChI is InChI=1S/C8H9N3O/c1-6-2-9-8-10-7(5-12)4-11(8)3-6/h2-4,12H,5H2,1H3. The number of nitrogens with zero attached hydrogens (tertiary/aromatic N) is 3. The van der Waals surface area contributed by atoms with Gasteiger partial charge in [0.25, 0.3) is 0 Å². The largest absolute Gasteiger partial charge is 0.390 e. The van der Waals surface area contributed by atoms with E-state index in [1.165, 1.54) is 0 Å². The lowest BCUT2D eigenvalue weighted by Gasteiger charge is -1.91. The summed E-state index contributed by atoms with van der Waals surface area (Å²) in [4.78, 5) is 8.16. The Labute approximate surface area is 69.5 Å². The maximum absolute atomic E-state index is 8.80. The quantitative estimate of drug-likeness (QED) is 0.667. The van der Waals surface area contributed by atoms with E-state index in [0.29, 0.717) is 11.5 Å². The normalized spacial score (nSPS) is 10.8. The van der Waals surface area contributed by atoms with Crippen LogP contribution in [-0.2, 0) is 6.61 Å². The lowest BCUT2D eigenvalue weighted by Crippen LogP contribution is -1.87. The predicted octanol–water partition coefficient (Wildman–Crippen LogP) is 0.530. The van der Waals surface area contributed by atoms with Crippen molar-refractivity contribution in [1.82, 2.24) is 14.4 Å². The Morgan fingerprint density at radius 3 is 3.08 bits per heavy atom. The van der Waals surface area contributed by atoms with Gasteiger partial charge in [-0.25, -0.2) is 9.97 Å². The Hall–Kier alpha value is -1.42. The first-order valence-corrected chi connectivity index (χ1v) is 3.70. The second-order valence-corrected chi connectivity index (χ2v) is 2.73. The predicted molar refractivity (Wildman–Crippen MR) is 43.6 cm³/mol. The molecule has 2 heterocycles. The van der Waals surface area contributed by atoms with Gasteiger partial charge in [0.05, 0.1) is 12.3 Å². The summed E-state index contributed by atoms with van der Waals surface area (Å²) in [5.41, 5.74) is 1.72. The molecule has 12 heavy (non-hydrogen) atoms. The molecule has 0 aliphatic heterocycles. The molecule has 2 rings (SSSR count). The number of hydrogen-bond donors (Lipinski definition) is 1. The molecule has 0 radical (unpaired) electrons. The monoisotopic (exact) mass is 163 g/mol. The number of hydrogen-bond acceptors (Lipinski definition) is 3. The minimum atomic E-state index is -0.0393. The van der Waals surface area contributed by atoms with Gasteiger partial charge in [0, 0.05) is 18.6 Å². The number of aryl methyl sites for hydroxylation is 1. The van der Waals surface area contributed by atoms with Crippen molar-refractivity contribution < 1.29 is 5.11 Å². The number of imidazole rings is 1. The van der Waals surface area contributed by atoms with E-state index in [0.717, 1.165) is 5.56 Å². The first-order valence-electron chi connectivity index (χ1n) is 3.70.